The summed E-state index contributed by atoms with van der Waals surface area (Å²) >= 11 is 0. The van der Waals surface area contributed by atoms with Crippen molar-refractivity contribution < 1.29 is 23.5 Å². The molecule has 2 heterocycles. The number of nitrogens with one attached hydrogen (secondary N) is 2. The van der Waals surface area contributed by atoms with Crippen molar-refractivity contribution in [3.63, 3.8) is 0 Å². The molecule has 2 saturated heterocycles. The number of urea groups is 1. The molecule has 5 rings (SSSR count). The Balaban J connectivity index is 1.35. The summed E-state index contributed by atoms with van der Waals surface area (Å²) in [5.74, 6) is -0.880. The Bertz CT molecular complexity index is 1360. The van der Waals surface area contributed by atoms with Crippen molar-refractivity contribution in [1.29, 1.82) is 0 Å². The molecule has 0 saturated carbocycles. The van der Waals surface area contributed by atoms with Crippen molar-refractivity contribution in [3.8, 4) is 0 Å². The lowest BCUT2D eigenvalue weighted by atomic mass is 10.1. The van der Waals surface area contributed by atoms with Gasteiger partial charge in [-0.3, -0.25) is 9.59 Å². The third-order valence-electron chi connectivity index (χ3n) is 7.06. The van der Waals surface area contributed by atoms with Gasteiger partial charge in [0.25, 0.3) is 11.8 Å². The van der Waals surface area contributed by atoms with Gasteiger partial charge < -0.3 is 30.1 Å². The number of nitrogens with zero attached hydrogens (tertiary/aromatic N) is 3. The van der Waals surface area contributed by atoms with Crippen LogP contribution in [0.15, 0.2) is 72.8 Å². The predicted octanol–water partition coefficient (Wildman–Crippen LogP) is 4.29. The molecule has 40 heavy (non-hydrogen) atoms. The molecule has 2 aliphatic heterocycles. The number of para-hydroxylation sites is 1. The smallest absolute Gasteiger partial charge is 0.321 e. The van der Waals surface area contributed by atoms with Crippen molar-refractivity contribution >= 4 is 34.9 Å². The molecular formula is C30H32FN5O4. The van der Waals surface area contributed by atoms with Gasteiger partial charge in [0.05, 0.1) is 24.5 Å². The summed E-state index contributed by atoms with van der Waals surface area (Å²) < 4.78 is 19.5. The van der Waals surface area contributed by atoms with Crippen LogP contribution in [0, 0.1) is 5.82 Å². The Kier molecular flexibility index (Phi) is 8.56. The molecule has 0 spiro atoms. The van der Waals surface area contributed by atoms with Crippen molar-refractivity contribution in [2.24, 2.45) is 0 Å². The van der Waals surface area contributed by atoms with Crippen LogP contribution in [0.5, 0.6) is 0 Å². The van der Waals surface area contributed by atoms with Gasteiger partial charge >= 0.3 is 6.03 Å². The first-order valence-electron chi connectivity index (χ1n) is 13.4. The van der Waals surface area contributed by atoms with Gasteiger partial charge in [0, 0.05) is 56.2 Å². The number of anilines is 3. The van der Waals surface area contributed by atoms with Crippen LogP contribution in [0.4, 0.5) is 26.2 Å². The molecule has 10 heteroatoms. The molecule has 208 valence electrons. The minimum absolute atomic E-state index is 0.132. The summed E-state index contributed by atoms with van der Waals surface area (Å²) in [6, 6.07) is 20.0. The predicted molar refractivity (Wildman–Crippen MR) is 151 cm³/mol. The summed E-state index contributed by atoms with van der Waals surface area (Å²) in [5.41, 5.74) is 2.41. The molecule has 0 aromatic heterocycles. The molecule has 2 aliphatic rings. The summed E-state index contributed by atoms with van der Waals surface area (Å²) in [7, 11) is 0. The fraction of sp³-hybridized carbons (Fsp3) is 0.300. The molecule has 0 unspecified atom stereocenters. The highest BCUT2D eigenvalue weighted by Gasteiger charge is 2.26. The van der Waals surface area contributed by atoms with Crippen LogP contribution in [-0.2, 0) is 4.74 Å². The maximum Gasteiger partial charge on any atom is 0.321 e. The van der Waals surface area contributed by atoms with Gasteiger partial charge in [0.2, 0.25) is 0 Å². The largest absolute Gasteiger partial charge is 0.378 e. The van der Waals surface area contributed by atoms with E-state index in [9.17, 15) is 18.8 Å². The Morgan fingerprint density at radius 2 is 1.50 bits per heavy atom. The van der Waals surface area contributed by atoms with Gasteiger partial charge in [-0.15, -0.1) is 0 Å². The fourth-order valence-corrected chi connectivity index (χ4v) is 4.91. The number of hydrogen-bond acceptors (Lipinski definition) is 5. The zero-order valence-corrected chi connectivity index (χ0v) is 22.1. The summed E-state index contributed by atoms with van der Waals surface area (Å²) in [5, 5.41) is 5.56. The molecule has 4 amide bonds. The molecule has 2 fully saturated rings. The highest BCUT2D eigenvalue weighted by Crippen LogP contribution is 2.28. The second kappa shape index (κ2) is 12.6. The fourth-order valence-electron chi connectivity index (χ4n) is 4.91. The Labute approximate surface area is 232 Å². The van der Waals surface area contributed by atoms with Gasteiger partial charge in [-0.25, -0.2) is 9.18 Å². The van der Waals surface area contributed by atoms with E-state index in [1.165, 1.54) is 12.1 Å². The Morgan fingerprint density at radius 1 is 0.750 bits per heavy atom. The molecule has 0 aliphatic carbocycles. The molecule has 9 nitrogen and oxygen atoms in total. The number of amides is 4. The van der Waals surface area contributed by atoms with Gasteiger partial charge in [-0.1, -0.05) is 30.3 Å². The number of rotatable bonds is 5. The molecule has 0 bridgehead atoms. The van der Waals surface area contributed by atoms with E-state index >= 15 is 0 Å². The average molecular weight is 546 g/mol. The van der Waals surface area contributed by atoms with Crippen LogP contribution in [-0.4, -0.2) is 80.1 Å². The van der Waals surface area contributed by atoms with E-state index in [-0.39, 0.29) is 23.5 Å². The second-order valence-corrected chi connectivity index (χ2v) is 9.69. The quantitative estimate of drug-likeness (QED) is 0.499. The maximum absolute atomic E-state index is 14.1. The van der Waals surface area contributed by atoms with Gasteiger partial charge in [-0.05, 0) is 48.9 Å². The van der Waals surface area contributed by atoms with Gasteiger partial charge in [0.1, 0.15) is 5.82 Å². The third kappa shape index (κ3) is 6.40. The summed E-state index contributed by atoms with van der Waals surface area (Å²) in [4.78, 5) is 44.9. The van der Waals surface area contributed by atoms with E-state index in [0.29, 0.717) is 75.7 Å². The first-order valence-corrected chi connectivity index (χ1v) is 13.4. The first-order chi connectivity index (χ1) is 19.5. The van der Waals surface area contributed by atoms with E-state index in [1.807, 2.05) is 12.1 Å². The van der Waals surface area contributed by atoms with Crippen LogP contribution in [0.1, 0.15) is 27.1 Å². The number of benzene rings is 3. The lowest BCUT2D eigenvalue weighted by molar-refractivity contribution is 0.0303. The van der Waals surface area contributed by atoms with Crippen LogP contribution in [0.3, 0.4) is 0 Å². The number of morpholine rings is 1. The van der Waals surface area contributed by atoms with E-state index < -0.39 is 5.82 Å². The van der Waals surface area contributed by atoms with Crippen LogP contribution in [0.2, 0.25) is 0 Å². The van der Waals surface area contributed by atoms with Crippen molar-refractivity contribution in [1.82, 2.24) is 9.80 Å². The number of carbonyl (C=O) groups excluding carboxylic acids is 3. The topological polar surface area (TPSA) is 94.2 Å². The normalized spacial score (nSPS) is 15.8. The number of halogens is 1. The SMILES string of the molecule is O=C(Nc1ccc(N2CCCN(C(=O)Nc3ccccc3F)CC2)c(C(=O)N2CCOCC2)c1)c1ccccc1. The van der Waals surface area contributed by atoms with E-state index in [1.54, 1.807) is 58.3 Å². The van der Waals surface area contributed by atoms with Crippen LogP contribution < -0.4 is 15.5 Å². The standard InChI is InChI=1S/C30H32FN5O4/c31-25-9-4-5-10-26(25)33-30(39)36-14-6-13-34(15-16-36)27-12-11-23(32-28(37)22-7-2-1-3-8-22)21-24(27)29(38)35-17-19-40-20-18-35/h1-5,7-12,21H,6,13-20H2,(H,32,37)(H,33,39). The molecule has 2 N–H and O–H groups in total. The molecule has 3 aromatic rings. The van der Waals surface area contributed by atoms with Gasteiger partial charge in [0.15, 0.2) is 0 Å². The van der Waals surface area contributed by atoms with E-state index in [0.717, 1.165) is 5.69 Å². The molecular weight excluding hydrogens is 513 g/mol. The number of ether oxygens (including phenoxy) is 1. The minimum atomic E-state index is -0.488. The first kappa shape index (κ1) is 27.1. The van der Waals surface area contributed by atoms with Crippen molar-refractivity contribution in [3.05, 3.63) is 89.7 Å². The lowest BCUT2D eigenvalue weighted by Gasteiger charge is -2.30. The maximum atomic E-state index is 14.1. The van der Waals surface area contributed by atoms with Crippen LogP contribution >= 0.6 is 0 Å². The monoisotopic (exact) mass is 545 g/mol. The highest BCUT2D eigenvalue weighted by molar-refractivity contribution is 6.06. The highest BCUT2D eigenvalue weighted by atomic mass is 19.1. The second-order valence-electron chi connectivity index (χ2n) is 9.69. The Morgan fingerprint density at radius 3 is 2.27 bits per heavy atom. The van der Waals surface area contributed by atoms with Crippen molar-refractivity contribution in [2.75, 3.05) is 68.0 Å². The zero-order valence-electron chi connectivity index (χ0n) is 22.1. The zero-order chi connectivity index (χ0) is 27.9. The van der Waals surface area contributed by atoms with Crippen LogP contribution in [0.25, 0.3) is 0 Å². The molecule has 3 aromatic carbocycles. The summed E-state index contributed by atoms with van der Waals surface area (Å²) in [6.07, 6.45) is 0.669. The molecule has 0 atom stereocenters. The number of hydrogen-bond donors (Lipinski definition) is 2. The van der Waals surface area contributed by atoms with E-state index in [2.05, 4.69) is 15.5 Å². The minimum Gasteiger partial charge on any atom is -0.378 e. The lowest BCUT2D eigenvalue weighted by Crippen LogP contribution is -2.42. The van der Waals surface area contributed by atoms with E-state index in [4.69, 9.17) is 4.74 Å². The van der Waals surface area contributed by atoms with Gasteiger partial charge in [-0.2, -0.15) is 0 Å². The molecule has 0 radical (unpaired) electrons. The average Bonchev–Trinajstić information content (AvgIpc) is 3.25. The summed E-state index contributed by atoms with van der Waals surface area (Å²) in [6.45, 7) is 3.94. The Hall–Kier alpha value is -4.44. The third-order valence-corrected chi connectivity index (χ3v) is 7.06. The number of carbonyl (C=O) groups is 3. The van der Waals surface area contributed by atoms with Crippen molar-refractivity contribution in [2.45, 2.75) is 6.42 Å².